The predicted molar refractivity (Wildman–Crippen MR) is 94.9 cm³/mol. The zero-order valence-corrected chi connectivity index (χ0v) is 13.8. The first-order valence-corrected chi connectivity index (χ1v) is 8.38. The van der Waals surface area contributed by atoms with Gasteiger partial charge in [-0.3, -0.25) is 0 Å². The Morgan fingerprint density at radius 3 is 2.38 bits per heavy atom. The summed E-state index contributed by atoms with van der Waals surface area (Å²) in [5, 5.41) is 11.7. The van der Waals surface area contributed by atoms with Crippen LogP contribution < -0.4 is 9.47 Å². The van der Waals surface area contributed by atoms with Crippen LogP contribution in [0, 0.1) is 0 Å². The number of aromatic nitrogens is 1. The average molecular weight is 317 g/mol. The standard InChI is InChI=1S/C21H21N2O/c1-2-17-11-13-18(14-12-17)21(24)16-22-15-7-6-10-20(22)23(21)19-8-4-3-5-9-19/h3-15,24H,2,16H2,1H3/q+1/t21-/m1/s1. The van der Waals surface area contributed by atoms with Crippen LogP contribution in [0.1, 0.15) is 18.1 Å². The van der Waals surface area contributed by atoms with Crippen LogP contribution in [-0.4, -0.2) is 5.11 Å². The molecule has 0 bridgehead atoms. The first kappa shape index (κ1) is 14.9. The molecule has 120 valence electrons. The molecule has 4 rings (SSSR count). The number of anilines is 2. The van der Waals surface area contributed by atoms with Gasteiger partial charge < -0.3 is 5.11 Å². The van der Waals surface area contributed by atoms with Crippen molar-refractivity contribution in [2.24, 2.45) is 0 Å². The summed E-state index contributed by atoms with van der Waals surface area (Å²) in [5.41, 5.74) is 2.07. The van der Waals surface area contributed by atoms with E-state index in [2.05, 4.69) is 23.6 Å². The molecule has 0 unspecified atom stereocenters. The average Bonchev–Trinajstić information content (AvgIpc) is 2.95. The third kappa shape index (κ3) is 2.29. The molecule has 24 heavy (non-hydrogen) atoms. The number of pyridine rings is 1. The highest BCUT2D eigenvalue weighted by Crippen LogP contribution is 2.40. The number of aliphatic hydroxyl groups is 1. The Morgan fingerprint density at radius 2 is 1.67 bits per heavy atom. The number of rotatable bonds is 3. The fourth-order valence-electron chi connectivity index (χ4n) is 3.45. The van der Waals surface area contributed by atoms with Gasteiger partial charge in [-0.25, -0.2) is 4.57 Å². The number of para-hydroxylation sites is 1. The minimum absolute atomic E-state index is 0.504. The molecule has 1 atom stereocenters. The van der Waals surface area contributed by atoms with Crippen molar-refractivity contribution in [1.82, 2.24) is 0 Å². The van der Waals surface area contributed by atoms with Crippen molar-refractivity contribution in [2.75, 3.05) is 4.90 Å². The quantitative estimate of drug-likeness (QED) is 0.748. The lowest BCUT2D eigenvalue weighted by Gasteiger charge is -2.27. The van der Waals surface area contributed by atoms with E-state index in [1.807, 2.05) is 71.8 Å². The van der Waals surface area contributed by atoms with E-state index in [-0.39, 0.29) is 0 Å². The summed E-state index contributed by atoms with van der Waals surface area (Å²) in [5.74, 6) is 0.991. The molecule has 1 aliphatic rings. The Morgan fingerprint density at radius 1 is 0.958 bits per heavy atom. The lowest BCUT2D eigenvalue weighted by atomic mass is 9.99. The second-order valence-corrected chi connectivity index (χ2v) is 6.22. The first-order valence-electron chi connectivity index (χ1n) is 8.38. The van der Waals surface area contributed by atoms with Crippen molar-refractivity contribution in [3.8, 4) is 0 Å². The molecule has 3 aromatic rings. The predicted octanol–water partition coefficient (Wildman–Crippen LogP) is 3.53. The molecule has 3 nitrogen and oxygen atoms in total. The Hall–Kier alpha value is -2.65. The van der Waals surface area contributed by atoms with Crippen LogP contribution in [0.2, 0.25) is 0 Å². The Labute approximate surface area is 142 Å². The van der Waals surface area contributed by atoms with Gasteiger partial charge in [-0.15, -0.1) is 0 Å². The molecule has 3 heteroatoms. The molecule has 0 fully saturated rings. The van der Waals surface area contributed by atoms with E-state index in [0.717, 1.165) is 23.5 Å². The lowest BCUT2D eigenvalue weighted by Crippen LogP contribution is -2.43. The van der Waals surface area contributed by atoms with E-state index < -0.39 is 5.72 Å². The van der Waals surface area contributed by atoms with Crippen LogP contribution >= 0.6 is 0 Å². The van der Waals surface area contributed by atoms with Crippen molar-refractivity contribution >= 4 is 11.5 Å². The fraction of sp³-hybridized carbons (Fsp3) is 0.190. The maximum Gasteiger partial charge on any atom is 0.284 e. The van der Waals surface area contributed by atoms with Crippen molar-refractivity contribution in [3.05, 3.63) is 90.1 Å². The number of benzene rings is 2. The van der Waals surface area contributed by atoms with E-state index in [1.165, 1.54) is 5.56 Å². The molecule has 0 saturated heterocycles. The van der Waals surface area contributed by atoms with Gasteiger partial charge in [0.2, 0.25) is 0 Å². The summed E-state index contributed by atoms with van der Waals surface area (Å²) >= 11 is 0. The van der Waals surface area contributed by atoms with Crippen LogP contribution in [0.15, 0.2) is 79.0 Å². The van der Waals surface area contributed by atoms with Gasteiger partial charge in [0.1, 0.15) is 5.69 Å². The SMILES string of the molecule is CCc1ccc([C@]2(O)C[n+]3ccccc3N2c2ccccc2)cc1. The van der Waals surface area contributed by atoms with E-state index in [0.29, 0.717) is 6.54 Å². The Bertz CT molecular complexity index is 845. The van der Waals surface area contributed by atoms with Crippen molar-refractivity contribution in [3.63, 3.8) is 0 Å². The third-order valence-electron chi connectivity index (χ3n) is 4.75. The molecule has 1 aromatic heterocycles. The van der Waals surface area contributed by atoms with Gasteiger partial charge in [-0.05, 0) is 30.2 Å². The molecule has 1 aliphatic heterocycles. The normalized spacial score (nSPS) is 19.3. The van der Waals surface area contributed by atoms with Crippen molar-refractivity contribution in [2.45, 2.75) is 25.6 Å². The number of hydrogen-bond acceptors (Lipinski definition) is 2. The maximum atomic E-state index is 11.7. The van der Waals surface area contributed by atoms with E-state index >= 15 is 0 Å². The van der Waals surface area contributed by atoms with Gasteiger partial charge in [0.05, 0.1) is 6.20 Å². The highest BCUT2D eigenvalue weighted by molar-refractivity contribution is 5.62. The highest BCUT2D eigenvalue weighted by atomic mass is 16.3. The van der Waals surface area contributed by atoms with Gasteiger partial charge >= 0.3 is 0 Å². The molecule has 0 spiro atoms. The molecule has 0 saturated carbocycles. The van der Waals surface area contributed by atoms with Crippen LogP contribution in [0.3, 0.4) is 0 Å². The number of aryl methyl sites for hydroxylation is 1. The summed E-state index contributed by atoms with van der Waals surface area (Å²) in [6.45, 7) is 2.64. The van der Waals surface area contributed by atoms with Gasteiger partial charge in [0.25, 0.3) is 11.5 Å². The molecular formula is C21H21N2O+. The summed E-state index contributed by atoms with van der Waals surface area (Å²) in [6.07, 6.45) is 3.01. The monoisotopic (exact) mass is 317 g/mol. The zero-order chi connectivity index (χ0) is 16.6. The maximum absolute atomic E-state index is 11.7. The van der Waals surface area contributed by atoms with Gasteiger partial charge in [0, 0.05) is 11.6 Å². The summed E-state index contributed by atoms with van der Waals surface area (Å²) in [6, 6.07) is 24.4. The Balaban J connectivity index is 1.87. The topological polar surface area (TPSA) is 27.4 Å². The fourth-order valence-corrected chi connectivity index (χ4v) is 3.45. The summed E-state index contributed by atoms with van der Waals surface area (Å²) in [4.78, 5) is 2.02. The second kappa shape index (κ2) is 5.77. The molecule has 0 aliphatic carbocycles. The molecule has 1 N–H and O–H groups in total. The zero-order valence-electron chi connectivity index (χ0n) is 13.8. The summed E-state index contributed by atoms with van der Waals surface area (Å²) in [7, 11) is 0. The van der Waals surface area contributed by atoms with Crippen LogP contribution in [0.25, 0.3) is 0 Å². The highest BCUT2D eigenvalue weighted by Gasteiger charge is 2.52. The molecule has 0 amide bonds. The minimum Gasteiger partial charge on any atom is -0.346 e. The van der Waals surface area contributed by atoms with E-state index in [9.17, 15) is 5.11 Å². The van der Waals surface area contributed by atoms with Crippen LogP contribution in [0.4, 0.5) is 11.5 Å². The van der Waals surface area contributed by atoms with Gasteiger partial charge in [-0.2, -0.15) is 4.90 Å². The van der Waals surface area contributed by atoms with Gasteiger partial charge in [0.15, 0.2) is 6.54 Å². The summed E-state index contributed by atoms with van der Waals surface area (Å²) < 4.78 is 2.10. The van der Waals surface area contributed by atoms with Crippen molar-refractivity contribution < 1.29 is 9.67 Å². The third-order valence-corrected chi connectivity index (χ3v) is 4.75. The number of fused-ring (bicyclic) bond motifs is 1. The number of hydrogen-bond donors (Lipinski definition) is 1. The van der Waals surface area contributed by atoms with Gasteiger partial charge in [-0.1, -0.05) is 55.5 Å². The van der Waals surface area contributed by atoms with Crippen LogP contribution in [-0.2, 0) is 18.7 Å². The van der Waals surface area contributed by atoms with E-state index in [1.54, 1.807) is 0 Å². The Kier molecular flexibility index (Phi) is 3.58. The number of nitrogens with zero attached hydrogens (tertiary/aromatic N) is 2. The molecule has 0 radical (unpaired) electrons. The lowest BCUT2D eigenvalue weighted by molar-refractivity contribution is -0.683. The molecule has 2 aromatic carbocycles. The smallest absolute Gasteiger partial charge is 0.284 e. The molecular weight excluding hydrogens is 296 g/mol. The first-order chi connectivity index (χ1) is 11.7. The minimum atomic E-state index is -1.10. The van der Waals surface area contributed by atoms with E-state index in [4.69, 9.17) is 0 Å². The largest absolute Gasteiger partial charge is 0.346 e. The van der Waals surface area contributed by atoms with Crippen molar-refractivity contribution in [1.29, 1.82) is 0 Å². The van der Waals surface area contributed by atoms with Crippen LogP contribution in [0.5, 0.6) is 0 Å². The molecule has 2 heterocycles. The second-order valence-electron chi connectivity index (χ2n) is 6.22.